The van der Waals surface area contributed by atoms with Crippen molar-refractivity contribution in [2.45, 2.75) is 19.4 Å². The van der Waals surface area contributed by atoms with E-state index in [1.54, 1.807) is 0 Å². The minimum absolute atomic E-state index is 0.0877. The van der Waals surface area contributed by atoms with Crippen molar-refractivity contribution in [1.29, 1.82) is 0 Å². The molecule has 2 rings (SSSR count). The monoisotopic (exact) mass is 405 g/mol. The summed E-state index contributed by atoms with van der Waals surface area (Å²) in [5.41, 5.74) is 0.971. The molecule has 1 N–H and O–H groups in total. The molecule has 0 saturated heterocycles. The third-order valence-electron chi connectivity index (χ3n) is 3.43. The molecular formula is C19H20BrNO4. The van der Waals surface area contributed by atoms with Crippen molar-refractivity contribution in [3.05, 3.63) is 64.6 Å². The number of carbonyl (C=O) groups is 2. The molecule has 0 radical (unpaired) electrons. The van der Waals surface area contributed by atoms with Crippen molar-refractivity contribution in [3.63, 3.8) is 0 Å². The third-order valence-corrected chi connectivity index (χ3v) is 3.96. The zero-order valence-corrected chi connectivity index (χ0v) is 15.5. The molecule has 0 saturated carbocycles. The van der Waals surface area contributed by atoms with Gasteiger partial charge in [0.25, 0.3) is 5.91 Å². The number of amides is 1. The van der Waals surface area contributed by atoms with Crippen LogP contribution in [0.2, 0.25) is 0 Å². The molecule has 2 aromatic rings. The van der Waals surface area contributed by atoms with Gasteiger partial charge in [0.15, 0.2) is 6.61 Å². The van der Waals surface area contributed by atoms with Gasteiger partial charge in [-0.2, -0.15) is 0 Å². The first kappa shape index (κ1) is 19.0. The van der Waals surface area contributed by atoms with Crippen LogP contribution in [0.4, 0.5) is 0 Å². The van der Waals surface area contributed by atoms with Gasteiger partial charge < -0.3 is 14.8 Å². The van der Waals surface area contributed by atoms with Crippen LogP contribution >= 0.6 is 15.9 Å². The topological polar surface area (TPSA) is 64.6 Å². The van der Waals surface area contributed by atoms with Gasteiger partial charge in [0.05, 0.1) is 19.1 Å². The highest BCUT2D eigenvalue weighted by Crippen LogP contribution is 2.16. The van der Waals surface area contributed by atoms with Gasteiger partial charge in [-0.25, -0.2) is 0 Å². The van der Waals surface area contributed by atoms with Gasteiger partial charge in [-0.15, -0.1) is 0 Å². The van der Waals surface area contributed by atoms with Crippen LogP contribution in [0.3, 0.4) is 0 Å². The Bertz CT molecular complexity index is 688. The second-order valence-corrected chi connectivity index (χ2v) is 6.33. The van der Waals surface area contributed by atoms with Crippen molar-refractivity contribution >= 4 is 27.8 Å². The molecule has 5 nitrogen and oxygen atoms in total. The number of ether oxygens (including phenoxy) is 2. The van der Waals surface area contributed by atoms with Gasteiger partial charge in [0.1, 0.15) is 5.75 Å². The van der Waals surface area contributed by atoms with Crippen molar-refractivity contribution in [1.82, 2.24) is 5.32 Å². The Morgan fingerprint density at radius 3 is 2.44 bits per heavy atom. The molecule has 0 spiro atoms. The van der Waals surface area contributed by atoms with Gasteiger partial charge in [0.2, 0.25) is 0 Å². The van der Waals surface area contributed by atoms with Gasteiger partial charge >= 0.3 is 5.97 Å². The number of esters is 1. The first-order valence-corrected chi connectivity index (χ1v) is 8.72. The van der Waals surface area contributed by atoms with E-state index in [2.05, 4.69) is 21.2 Å². The maximum absolute atomic E-state index is 11.9. The average Bonchev–Trinajstić information content (AvgIpc) is 2.61. The van der Waals surface area contributed by atoms with E-state index in [0.717, 1.165) is 10.0 Å². The van der Waals surface area contributed by atoms with E-state index in [1.165, 1.54) is 0 Å². The Morgan fingerprint density at radius 2 is 1.76 bits per heavy atom. The summed E-state index contributed by atoms with van der Waals surface area (Å²) >= 11 is 3.37. The second-order valence-electron chi connectivity index (χ2n) is 5.41. The van der Waals surface area contributed by atoms with E-state index in [9.17, 15) is 9.59 Å². The van der Waals surface area contributed by atoms with Crippen LogP contribution in [0.1, 0.15) is 24.9 Å². The minimum Gasteiger partial charge on any atom is -0.493 e. The molecule has 0 aliphatic heterocycles. The third kappa shape index (κ3) is 6.97. The molecule has 1 atom stereocenters. The van der Waals surface area contributed by atoms with Gasteiger partial charge in [0, 0.05) is 4.47 Å². The fourth-order valence-electron chi connectivity index (χ4n) is 2.11. The lowest BCUT2D eigenvalue weighted by atomic mass is 10.1. The maximum atomic E-state index is 11.9. The maximum Gasteiger partial charge on any atom is 0.309 e. The zero-order chi connectivity index (χ0) is 18.1. The van der Waals surface area contributed by atoms with E-state index in [0.29, 0.717) is 5.75 Å². The second kappa shape index (κ2) is 9.84. The van der Waals surface area contributed by atoms with Crippen LogP contribution < -0.4 is 10.1 Å². The number of benzene rings is 2. The Labute approximate surface area is 155 Å². The number of hydrogen-bond donors (Lipinski definition) is 1. The summed E-state index contributed by atoms with van der Waals surface area (Å²) in [5, 5.41) is 2.79. The highest BCUT2D eigenvalue weighted by Gasteiger charge is 2.12. The number of carbonyl (C=O) groups excluding carboxylic acids is 2. The molecule has 0 aliphatic carbocycles. The van der Waals surface area contributed by atoms with E-state index in [1.807, 2.05) is 61.5 Å². The molecule has 2 aromatic carbocycles. The van der Waals surface area contributed by atoms with Crippen molar-refractivity contribution in [2.75, 3.05) is 13.2 Å². The number of para-hydroxylation sites is 1. The minimum atomic E-state index is -0.470. The zero-order valence-electron chi connectivity index (χ0n) is 13.9. The summed E-state index contributed by atoms with van der Waals surface area (Å²) < 4.78 is 11.3. The number of halogens is 1. The largest absolute Gasteiger partial charge is 0.493 e. The summed E-state index contributed by atoms with van der Waals surface area (Å²) in [7, 11) is 0. The Kier molecular flexibility index (Phi) is 7.47. The van der Waals surface area contributed by atoms with E-state index >= 15 is 0 Å². The first-order chi connectivity index (χ1) is 12.0. The van der Waals surface area contributed by atoms with Crippen LogP contribution in [-0.2, 0) is 14.3 Å². The lowest BCUT2D eigenvalue weighted by Crippen LogP contribution is -2.31. The predicted molar refractivity (Wildman–Crippen MR) is 98.2 cm³/mol. The Morgan fingerprint density at radius 1 is 1.08 bits per heavy atom. The fraction of sp³-hybridized carbons (Fsp3) is 0.263. The van der Waals surface area contributed by atoms with Gasteiger partial charge in [-0.05, 0) is 36.8 Å². The first-order valence-electron chi connectivity index (χ1n) is 7.93. The smallest absolute Gasteiger partial charge is 0.309 e. The molecule has 6 heteroatoms. The summed E-state index contributed by atoms with van der Waals surface area (Å²) in [5.74, 6) is -0.119. The predicted octanol–water partition coefficient (Wildman–Crippen LogP) is 3.64. The standard InChI is InChI=1S/C19H20BrNO4/c1-14(15-7-9-16(20)10-8-15)21-18(22)13-25-19(23)11-12-24-17-5-3-2-4-6-17/h2-10,14H,11-13H2,1H3,(H,21,22)/t14-/m0/s1. The molecule has 0 heterocycles. The number of nitrogens with one attached hydrogen (secondary N) is 1. The molecule has 0 unspecified atom stereocenters. The molecule has 0 fully saturated rings. The lowest BCUT2D eigenvalue weighted by Gasteiger charge is -2.14. The quantitative estimate of drug-likeness (QED) is 0.680. The van der Waals surface area contributed by atoms with E-state index in [4.69, 9.17) is 9.47 Å². The van der Waals surface area contributed by atoms with Crippen molar-refractivity contribution < 1.29 is 19.1 Å². The van der Waals surface area contributed by atoms with Gasteiger partial charge in [-0.3, -0.25) is 9.59 Å². The average molecular weight is 406 g/mol. The van der Waals surface area contributed by atoms with Crippen LogP contribution in [0.15, 0.2) is 59.1 Å². The molecule has 1 amide bonds. The van der Waals surface area contributed by atoms with Crippen LogP contribution in [-0.4, -0.2) is 25.1 Å². The van der Waals surface area contributed by atoms with Crippen molar-refractivity contribution in [3.8, 4) is 5.75 Å². The summed E-state index contributed by atoms with van der Waals surface area (Å²) in [6.07, 6.45) is 0.0877. The fourth-order valence-corrected chi connectivity index (χ4v) is 2.37. The van der Waals surface area contributed by atoms with E-state index in [-0.39, 0.29) is 31.6 Å². The van der Waals surface area contributed by atoms with E-state index < -0.39 is 5.97 Å². The van der Waals surface area contributed by atoms with Crippen molar-refractivity contribution in [2.24, 2.45) is 0 Å². The molecule has 0 bridgehead atoms. The molecule has 132 valence electrons. The summed E-state index contributed by atoms with van der Waals surface area (Å²) in [4.78, 5) is 23.5. The molecular weight excluding hydrogens is 386 g/mol. The van der Waals surface area contributed by atoms with Crippen LogP contribution in [0.25, 0.3) is 0 Å². The summed E-state index contributed by atoms with van der Waals surface area (Å²) in [6.45, 7) is 1.78. The normalized spacial score (nSPS) is 11.4. The van der Waals surface area contributed by atoms with Crippen LogP contribution in [0, 0.1) is 0 Å². The molecule has 0 aliphatic rings. The number of rotatable bonds is 8. The SMILES string of the molecule is C[C@H](NC(=O)COC(=O)CCOc1ccccc1)c1ccc(Br)cc1. The molecule has 0 aromatic heterocycles. The Balaban J connectivity index is 1.65. The number of hydrogen-bond acceptors (Lipinski definition) is 4. The van der Waals surface area contributed by atoms with Gasteiger partial charge in [-0.1, -0.05) is 46.3 Å². The Hall–Kier alpha value is -2.34. The molecule has 25 heavy (non-hydrogen) atoms. The summed E-state index contributed by atoms with van der Waals surface area (Å²) in [6, 6.07) is 16.7. The van der Waals surface area contributed by atoms with Crippen LogP contribution in [0.5, 0.6) is 5.75 Å². The highest BCUT2D eigenvalue weighted by atomic mass is 79.9. The highest BCUT2D eigenvalue weighted by molar-refractivity contribution is 9.10. The lowest BCUT2D eigenvalue weighted by molar-refractivity contribution is -0.149.